The summed E-state index contributed by atoms with van der Waals surface area (Å²) in [6, 6.07) is 75.5. The highest BCUT2D eigenvalue weighted by Gasteiger charge is 2.22. The fraction of sp³-hybridized carbons (Fsp3) is 0.0492. The Labute approximate surface area is 378 Å². The lowest BCUT2D eigenvalue weighted by Gasteiger charge is -2.32. The van der Waals surface area contributed by atoms with Crippen LogP contribution in [0.1, 0.15) is 13.3 Å². The summed E-state index contributed by atoms with van der Waals surface area (Å²) < 4.78 is 12.8. The molecule has 1 atom stereocenters. The molecule has 1 aliphatic rings. The number of benzene rings is 9. The zero-order valence-corrected chi connectivity index (χ0v) is 35.9. The molecule has 2 aromatic heterocycles. The van der Waals surface area contributed by atoms with Crippen LogP contribution >= 0.6 is 0 Å². The number of allylic oxidation sites excluding steroid dienone is 4. The van der Waals surface area contributed by atoms with Crippen molar-refractivity contribution in [2.24, 2.45) is 5.92 Å². The summed E-state index contributed by atoms with van der Waals surface area (Å²) in [4.78, 5) is 4.72. The number of para-hydroxylation sites is 5. The second kappa shape index (κ2) is 16.1. The Morgan fingerprint density at radius 1 is 0.369 bits per heavy atom. The lowest BCUT2D eigenvalue weighted by atomic mass is 9.96. The fourth-order valence-electron chi connectivity index (χ4n) is 9.64. The van der Waals surface area contributed by atoms with Gasteiger partial charge in [0.2, 0.25) is 0 Å². The molecule has 65 heavy (non-hydrogen) atoms. The molecule has 310 valence electrons. The van der Waals surface area contributed by atoms with E-state index in [1.54, 1.807) is 0 Å². The molecule has 2 heterocycles. The van der Waals surface area contributed by atoms with Gasteiger partial charge in [0.15, 0.2) is 0 Å². The van der Waals surface area contributed by atoms with Gasteiger partial charge < -0.3 is 18.6 Å². The smallest absolute Gasteiger partial charge is 0.143 e. The summed E-state index contributed by atoms with van der Waals surface area (Å²) in [5.74, 6) is 0.367. The Balaban J connectivity index is 0.839. The molecule has 0 aliphatic heterocycles. The molecule has 11 aromatic rings. The number of furan rings is 2. The molecule has 0 N–H and O–H groups in total. The maximum Gasteiger partial charge on any atom is 0.143 e. The largest absolute Gasteiger partial charge is 0.455 e. The molecule has 0 fully saturated rings. The zero-order chi connectivity index (χ0) is 43.3. The number of hydrogen-bond acceptors (Lipinski definition) is 4. The molecule has 0 spiro atoms. The van der Waals surface area contributed by atoms with Crippen LogP contribution < -0.4 is 9.80 Å². The summed E-state index contributed by atoms with van der Waals surface area (Å²) in [6.07, 6.45) is 7.71. The molecule has 0 saturated carbocycles. The highest BCUT2D eigenvalue weighted by atomic mass is 16.3. The van der Waals surface area contributed by atoms with Gasteiger partial charge in [0.25, 0.3) is 0 Å². The second-order valence-electron chi connectivity index (χ2n) is 16.9. The Morgan fingerprint density at radius 3 is 1.25 bits per heavy atom. The first-order chi connectivity index (χ1) is 32.1. The second-order valence-corrected chi connectivity index (χ2v) is 16.9. The monoisotopic (exact) mass is 836 g/mol. The van der Waals surface area contributed by atoms with E-state index in [4.69, 9.17) is 8.83 Å². The Bertz CT molecular complexity index is 3560. The minimum atomic E-state index is 0.367. The molecule has 0 bridgehead atoms. The van der Waals surface area contributed by atoms with E-state index in [0.717, 1.165) is 112 Å². The van der Waals surface area contributed by atoms with E-state index in [0.29, 0.717) is 5.92 Å². The van der Waals surface area contributed by atoms with Crippen LogP contribution in [0.15, 0.2) is 245 Å². The van der Waals surface area contributed by atoms with Gasteiger partial charge in [-0.1, -0.05) is 159 Å². The van der Waals surface area contributed by atoms with Crippen molar-refractivity contribution >= 4 is 72.3 Å². The van der Waals surface area contributed by atoms with Crippen molar-refractivity contribution in [1.82, 2.24) is 0 Å². The van der Waals surface area contributed by atoms with Crippen molar-refractivity contribution in [2.75, 3.05) is 9.80 Å². The van der Waals surface area contributed by atoms with Crippen LogP contribution in [0.3, 0.4) is 0 Å². The average molecular weight is 837 g/mol. The average Bonchev–Trinajstić information content (AvgIpc) is 3.95. The minimum Gasteiger partial charge on any atom is -0.455 e. The standard InChI is InChI=1S/C61H44N2O2/c1-41-13-5-8-22-57(41)63(50-39-31-45(32-40-50)52-19-12-21-56-54-17-7-10-24-59(54)65-61(52)56)49-35-27-43(28-36-49)42-25-33-47(34-26-42)62(46-14-3-2-4-15-46)48-37-29-44(30-38-48)51-18-11-20-55-53-16-6-9-23-58(53)64-60(51)55/h2-12,14-41H,13H2,1H3. The zero-order valence-electron chi connectivity index (χ0n) is 35.9. The van der Waals surface area contributed by atoms with Crippen molar-refractivity contribution < 1.29 is 8.83 Å². The van der Waals surface area contributed by atoms with Gasteiger partial charge in [-0.15, -0.1) is 0 Å². The highest BCUT2D eigenvalue weighted by Crippen LogP contribution is 2.42. The van der Waals surface area contributed by atoms with Gasteiger partial charge in [-0.05, 0) is 108 Å². The molecule has 0 saturated heterocycles. The van der Waals surface area contributed by atoms with Gasteiger partial charge in [-0.3, -0.25) is 0 Å². The number of fused-ring (bicyclic) bond motifs is 6. The van der Waals surface area contributed by atoms with E-state index in [2.05, 4.69) is 223 Å². The molecule has 9 aromatic carbocycles. The van der Waals surface area contributed by atoms with E-state index >= 15 is 0 Å². The van der Waals surface area contributed by atoms with Gasteiger partial charge in [-0.25, -0.2) is 0 Å². The van der Waals surface area contributed by atoms with Gasteiger partial charge in [0, 0.05) is 72.7 Å². The summed E-state index contributed by atoms with van der Waals surface area (Å²) in [6.45, 7) is 2.31. The van der Waals surface area contributed by atoms with Crippen LogP contribution in [0.2, 0.25) is 0 Å². The molecule has 1 aliphatic carbocycles. The Morgan fingerprint density at radius 2 is 0.769 bits per heavy atom. The van der Waals surface area contributed by atoms with Gasteiger partial charge in [0.1, 0.15) is 22.3 Å². The van der Waals surface area contributed by atoms with Crippen LogP contribution in [0.25, 0.3) is 77.3 Å². The van der Waals surface area contributed by atoms with Crippen LogP contribution in [-0.4, -0.2) is 0 Å². The third-order valence-electron chi connectivity index (χ3n) is 12.9. The van der Waals surface area contributed by atoms with Crippen LogP contribution in [0.5, 0.6) is 0 Å². The van der Waals surface area contributed by atoms with E-state index in [1.807, 2.05) is 24.3 Å². The van der Waals surface area contributed by atoms with Gasteiger partial charge in [-0.2, -0.15) is 0 Å². The SMILES string of the molecule is CC1CC=CC=C1N(c1ccc(-c2ccc(N(c3ccccc3)c3ccc(-c4cccc5c4oc4ccccc45)cc3)cc2)cc1)c1ccc(-c2cccc3c2oc2ccccc23)cc1. The molecule has 1 unspecified atom stereocenters. The number of hydrogen-bond donors (Lipinski definition) is 0. The van der Waals surface area contributed by atoms with Gasteiger partial charge in [0.05, 0.1) is 0 Å². The van der Waals surface area contributed by atoms with Crippen LogP contribution in [-0.2, 0) is 0 Å². The van der Waals surface area contributed by atoms with Gasteiger partial charge >= 0.3 is 0 Å². The molecule has 4 nitrogen and oxygen atoms in total. The normalized spacial score (nSPS) is 13.7. The third-order valence-corrected chi connectivity index (χ3v) is 12.9. The minimum absolute atomic E-state index is 0.367. The Hall–Kier alpha value is -8.34. The first-order valence-corrected chi connectivity index (χ1v) is 22.4. The van der Waals surface area contributed by atoms with E-state index in [1.165, 1.54) is 5.70 Å². The van der Waals surface area contributed by atoms with E-state index in [-0.39, 0.29) is 0 Å². The maximum atomic E-state index is 6.40. The molecule has 0 radical (unpaired) electrons. The first-order valence-electron chi connectivity index (χ1n) is 22.4. The Kier molecular flexibility index (Phi) is 9.49. The molecule has 12 rings (SSSR count). The number of rotatable bonds is 9. The number of anilines is 5. The summed E-state index contributed by atoms with van der Waals surface area (Å²) in [5, 5.41) is 4.55. The summed E-state index contributed by atoms with van der Waals surface area (Å²) >= 11 is 0. The fourth-order valence-corrected chi connectivity index (χ4v) is 9.64. The summed E-state index contributed by atoms with van der Waals surface area (Å²) in [5.41, 5.74) is 17.2. The van der Waals surface area contributed by atoms with Crippen LogP contribution in [0.4, 0.5) is 28.4 Å². The maximum absolute atomic E-state index is 6.40. The molecular weight excluding hydrogens is 793 g/mol. The summed E-state index contributed by atoms with van der Waals surface area (Å²) in [7, 11) is 0. The topological polar surface area (TPSA) is 32.8 Å². The molecular formula is C61H44N2O2. The highest BCUT2D eigenvalue weighted by molar-refractivity contribution is 6.10. The molecule has 0 amide bonds. The third kappa shape index (κ3) is 6.88. The van der Waals surface area contributed by atoms with Crippen molar-refractivity contribution in [3.8, 4) is 33.4 Å². The van der Waals surface area contributed by atoms with E-state index < -0.39 is 0 Å². The quantitative estimate of drug-likeness (QED) is 0.145. The van der Waals surface area contributed by atoms with Crippen molar-refractivity contribution in [1.29, 1.82) is 0 Å². The van der Waals surface area contributed by atoms with Crippen molar-refractivity contribution in [3.63, 3.8) is 0 Å². The lowest BCUT2D eigenvalue weighted by molar-refractivity contribution is 0.669. The van der Waals surface area contributed by atoms with Crippen molar-refractivity contribution in [3.05, 3.63) is 236 Å². The predicted octanol–water partition coefficient (Wildman–Crippen LogP) is 17.6. The first kappa shape index (κ1) is 38.3. The van der Waals surface area contributed by atoms with Crippen molar-refractivity contribution in [2.45, 2.75) is 13.3 Å². The number of nitrogens with zero attached hydrogens (tertiary/aromatic N) is 2. The van der Waals surface area contributed by atoms with Crippen LogP contribution in [0, 0.1) is 5.92 Å². The van der Waals surface area contributed by atoms with E-state index in [9.17, 15) is 0 Å². The molecule has 4 heteroatoms. The lowest BCUT2D eigenvalue weighted by Crippen LogP contribution is -2.22. The predicted molar refractivity (Wildman–Crippen MR) is 272 cm³/mol.